The summed E-state index contributed by atoms with van der Waals surface area (Å²) in [6, 6.07) is 0. The Bertz CT molecular complexity index is 292. The van der Waals surface area contributed by atoms with Crippen LogP contribution in [0.15, 0.2) is 6.20 Å². The van der Waals surface area contributed by atoms with Crippen molar-refractivity contribution in [3.63, 3.8) is 0 Å². The van der Waals surface area contributed by atoms with Crippen molar-refractivity contribution >= 4 is 16.5 Å². The lowest BCUT2D eigenvalue weighted by atomic mass is 9.99. The van der Waals surface area contributed by atoms with Gasteiger partial charge in [-0.05, 0) is 25.7 Å². The van der Waals surface area contributed by atoms with Crippen LogP contribution in [0.1, 0.15) is 17.7 Å². The van der Waals surface area contributed by atoms with Gasteiger partial charge in [0.1, 0.15) is 0 Å². The molecule has 0 bridgehead atoms. The first-order valence-electron chi connectivity index (χ1n) is 5.03. The molecule has 1 saturated heterocycles. The van der Waals surface area contributed by atoms with E-state index in [1.54, 1.807) is 11.3 Å². The molecule has 0 aliphatic carbocycles. The van der Waals surface area contributed by atoms with Gasteiger partial charge in [-0.25, -0.2) is 4.98 Å². The van der Waals surface area contributed by atoms with Crippen molar-refractivity contribution in [2.75, 3.05) is 24.7 Å². The molecule has 0 radical (unpaired) electrons. The third-order valence-corrected chi connectivity index (χ3v) is 3.69. The van der Waals surface area contributed by atoms with Crippen molar-refractivity contribution in [3.05, 3.63) is 11.1 Å². The molecule has 0 amide bonds. The van der Waals surface area contributed by atoms with Gasteiger partial charge in [0.2, 0.25) is 0 Å². The Morgan fingerprint density at radius 1 is 1.57 bits per heavy atom. The number of hydrogen-bond donors (Lipinski definition) is 0. The minimum Gasteiger partial charge on any atom is -0.348 e. The van der Waals surface area contributed by atoms with Crippen LogP contribution in [0.2, 0.25) is 0 Å². The van der Waals surface area contributed by atoms with Crippen LogP contribution in [0.5, 0.6) is 0 Å². The van der Waals surface area contributed by atoms with Gasteiger partial charge in [0.15, 0.2) is 5.13 Å². The van der Waals surface area contributed by atoms with E-state index in [4.69, 9.17) is 0 Å². The summed E-state index contributed by atoms with van der Waals surface area (Å²) < 4.78 is 12.4. The Kier molecular flexibility index (Phi) is 3.01. The standard InChI is InChI=1S/C10H15FN2S/c1-8-7-12-10(14-8)13-4-2-9(6-11)3-5-13/h7,9H,2-6H2,1H3. The molecule has 0 unspecified atom stereocenters. The van der Waals surface area contributed by atoms with Crippen molar-refractivity contribution in [1.29, 1.82) is 0 Å². The molecule has 1 fully saturated rings. The Hall–Kier alpha value is -0.640. The number of hydrogen-bond acceptors (Lipinski definition) is 3. The second kappa shape index (κ2) is 4.26. The molecule has 1 aliphatic heterocycles. The summed E-state index contributed by atoms with van der Waals surface area (Å²) in [7, 11) is 0. The van der Waals surface area contributed by atoms with Crippen LogP contribution >= 0.6 is 11.3 Å². The maximum absolute atomic E-state index is 12.4. The molecule has 2 rings (SSSR count). The van der Waals surface area contributed by atoms with Gasteiger partial charge in [0.25, 0.3) is 0 Å². The summed E-state index contributed by atoms with van der Waals surface area (Å²) in [5.41, 5.74) is 0. The molecule has 4 heteroatoms. The molecule has 14 heavy (non-hydrogen) atoms. The van der Waals surface area contributed by atoms with E-state index >= 15 is 0 Å². The molecule has 2 nitrogen and oxygen atoms in total. The van der Waals surface area contributed by atoms with Crippen LogP contribution < -0.4 is 4.90 Å². The van der Waals surface area contributed by atoms with Crippen molar-refractivity contribution < 1.29 is 4.39 Å². The number of thiazole rings is 1. The topological polar surface area (TPSA) is 16.1 Å². The lowest BCUT2D eigenvalue weighted by Gasteiger charge is -2.30. The van der Waals surface area contributed by atoms with E-state index in [1.165, 1.54) is 4.88 Å². The van der Waals surface area contributed by atoms with Gasteiger partial charge in [-0.2, -0.15) is 0 Å². The molecule has 0 spiro atoms. The van der Waals surface area contributed by atoms with E-state index in [2.05, 4.69) is 16.8 Å². The molecule has 2 heterocycles. The number of alkyl halides is 1. The minimum absolute atomic E-state index is 0.162. The lowest BCUT2D eigenvalue weighted by molar-refractivity contribution is 0.307. The fraction of sp³-hybridized carbons (Fsp3) is 0.700. The van der Waals surface area contributed by atoms with Gasteiger partial charge in [0.05, 0.1) is 6.67 Å². The molecular formula is C10H15FN2S. The highest BCUT2D eigenvalue weighted by atomic mass is 32.1. The zero-order valence-electron chi connectivity index (χ0n) is 8.37. The molecule has 0 atom stereocenters. The summed E-state index contributed by atoms with van der Waals surface area (Å²) in [5, 5.41) is 1.10. The molecule has 0 aromatic carbocycles. The van der Waals surface area contributed by atoms with Crippen molar-refractivity contribution in [3.8, 4) is 0 Å². The molecular weight excluding hydrogens is 199 g/mol. The highest BCUT2D eigenvalue weighted by Gasteiger charge is 2.20. The van der Waals surface area contributed by atoms with E-state index < -0.39 is 0 Å². The zero-order chi connectivity index (χ0) is 9.97. The van der Waals surface area contributed by atoms with Crippen molar-refractivity contribution in [2.45, 2.75) is 19.8 Å². The summed E-state index contributed by atoms with van der Waals surface area (Å²) >= 11 is 1.72. The predicted octanol–water partition coefficient (Wildman–Crippen LogP) is 2.64. The number of rotatable bonds is 2. The third kappa shape index (κ3) is 2.05. The van der Waals surface area contributed by atoms with Gasteiger partial charge in [0, 0.05) is 24.2 Å². The number of aromatic nitrogens is 1. The molecule has 1 aromatic heterocycles. The van der Waals surface area contributed by atoms with Crippen molar-refractivity contribution in [2.24, 2.45) is 5.92 Å². The van der Waals surface area contributed by atoms with Gasteiger partial charge in [-0.1, -0.05) is 0 Å². The first kappa shape index (κ1) is 9.90. The van der Waals surface area contributed by atoms with Gasteiger partial charge < -0.3 is 4.90 Å². The van der Waals surface area contributed by atoms with E-state index in [9.17, 15) is 4.39 Å². The van der Waals surface area contributed by atoms with E-state index in [1.807, 2.05) is 6.20 Å². The zero-order valence-corrected chi connectivity index (χ0v) is 9.19. The summed E-state index contributed by atoms with van der Waals surface area (Å²) in [5.74, 6) is 0.285. The second-order valence-electron chi connectivity index (χ2n) is 3.84. The van der Waals surface area contributed by atoms with Crippen LogP contribution in [0.3, 0.4) is 0 Å². The first-order chi connectivity index (χ1) is 6.79. The van der Waals surface area contributed by atoms with Gasteiger partial charge in [-0.15, -0.1) is 11.3 Å². The number of halogens is 1. The maximum atomic E-state index is 12.4. The highest BCUT2D eigenvalue weighted by Crippen LogP contribution is 2.26. The average Bonchev–Trinajstić information content (AvgIpc) is 2.65. The SMILES string of the molecule is Cc1cnc(N2CCC(CF)CC2)s1. The van der Waals surface area contributed by atoms with Gasteiger partial charge >= 0.3 is 0 Å². The van der Waals surface area contributed by atoms with Crippen molar-refractivity contribution in [1.82, 2.24) is 4.98 Å². The molecule has 0 saturated carbocycles. The molecule has 0 N–H and O–H groups in total. The highest BCUT2D eigenvalue weighted by molar-refractivity contribution is 7.15. The van der Waals surface area contributed by atoms with Gasteiger partial charge in [-0.3, -0.25) is 4.39 Å². The van der Waals surface area contributed by atoms with Crippen LogP contribution in [-0.2, 0) is 0 Å². The monoisotopic (exact) mass is 214 g/mol. The smallest absolute Gasteiger partial charge is 0.185 e. The van der Waals surface area contributed by atoms with E-state index in [0.717, 1.165) is 31.1 Å². The number of nitrogens with zero attached hydrogens (tertiary/aromatic N) is 2. The summed E-state index contributed by atoms with van der Waals surface area (Å²) in [4.78, 5) is 7.85. The molecule has 1 aromatic rings. The first-order valence-corrected chi connectivity index (χ1v) is 5.84. The fourth-order valence-electron chi connectivity index (χ4n) is 1.77. The Morgan fingerprint density at radius 2 is 2.29 bits per heavy atom. The minimum atomic E-state index is -0.162. The second-order valence-corrected chi connectivity index (χ2v) is 5.05. The summed E-state index contributed by atoms with van der Waals surface area (Å²) in [6.45, 7) is 3.82. The van der Waals surface area contributed by atoms with Crippen LogP contribution in [0.4, 0.5) is 9.52 Å². The summed E-state index contributed by atoms with van der Waals surface area (Å²) in [6.07, 6.45) is 3.84. The van der Waals surface area contributed by atoms with E-state index in [-0.39, 0.29) is 12.6 Å². The lowest BCUT2D eigenvalue weighted by Crippen LogP contribution is -2.34. The molecule has 1 aliphatic rings. The number of aryl methyl sites for hydroxylation is 1. The van der Waals surface area contributed by atoms with Crippen LogP contribution in [0, 0.1) is 12.8 Å². The Balaban J connectivity index is 1.95. The Labute approximate surface area is 87.8 Å². The third-order valence-electron chi connectivity index (χ3n) is 2.71. The maximum Gasteiger partial charge on any atom is 0.185 e. The average molecular weight is 214 g/mol. The quantitative estimate of drug-likeness (QED) is 0.752. The fourth-order valence-corrected chi connectivity index (χ4v) is 2.58. The van der Waals surface area contributed by atoms with Crippen LogP contribution in [-0.4, -0.2) is 24.7 Å². The number of piperidine rings is 1. The Morgan fingerprint density at radius 3 is 2.79 bits per heavy atom. The number of anilines is 1. The molecule has 78 valence electrons. The van der Waals surface area contributed by atoms with E-state index in [0.29, 0.717) is 0 Å². The van der Waals surface area contributed by atoms with Crippen LogP contribution in [0.25, 0.3) is 0 Å². The predicted molar refractivity (Wildman–Crippen MR) is 57.8 cm³/mol. The normalized spacial score (nSPS) is 18.9. The largest absolute Gasteiger partial charge is 0.348 e.